The molecular weight excluding hydrogens is 286 g/mol. The molecule has 1 aliphatic carbocycles. The van der Waals surface area contributed by atoms with Crippen LogP contribution in [0.5, 0.6) is 0 Å². The molecule has 0 unspecified atom stereocenters. The zero-order valence-corrected chi connectivity index (χ0v) is 13.0. The number of carbonyl (C=O) groups is 1. The summed E-state index contributed by atoms with van der Waals surface area (Å²) in [4.78, 5) is 12.6. The van der Waals surface area contributed by atoms with Crippen LogP contribution in [0.2, 0.25) is 5.02 Å². The third-order valence-corrected chi connectivity index (χ3v) is 4.91. The standard InChI is InChI=1S/C17H20ClNO2/c1-19-17(8-3-2-4-9-17)11-14(20)15-10-12-6-5-7-13(18)16(12)21-15/h5-7,10,19H,2-4,8-9,11H2,1H3. The van der Waals surface area contributed by atoms with E-state index in [1.165, 1.54) is 19.3 Å². The monoisotopic (exact) mass is 305 g/mol. The lowest BCUT2D eigenvalue weighted by Gasteiger charge is -2.36. The highest BCUT2D eigenvalue weighted by molar-refractivity contribution is 6.34. The zero-order chi connectivity index (χ0) is 14.9. The predicted octanol–water partition coefficient (Wildman–Crippen LogP) is 4.58. The third kappa shape index (κ3) is 2.85. The number of benzene rings is 1. The van der Waals surface area contributed by atoms with E-state index in [1.807, 2.05) is 19.2 Å². The fourth-order valence-electron chi connectivity index (χ4n) is 3.30. The average molecular weight is 306 g/mol. The highest BCUT2D eigenvalue weighted by Crippen LogP contribution is 2.33. The Kier molecular flexibility index (Phi) is 4.05. The molecule has 0 atom stereocenters. The molecule has 3 nitrogen and oxygen atoms in total. The Morgan fingerprint density at radius 1 is 1.33 bits per heavy atom. The Labute approximate surface area is 129 Å². The van der Waals surface area contributed by atoms with Gasteiger partial charge in [0.15, 0.2) is 17.1 Å². The van der Waals surface area contributed by atoms with Crippen molar-refractivity contribution in [3.63, 3.8) is 0 Å². The number of fused-ring (bicyclic) bond motifs is 1. The van der Waals surface area contributed by atoms with Crippen molar-refractivity contribution in [2.24, 2.45) is 0 Å². The van der Waals surface area contributed by atoms with E-state index < -0.39 is 0 Å². The number of halogens is 1. The Hall–Kier alpha value is -1.32. The minimum Gasteiger partial charge on any atom is -0.451 e. The second-order valence-electron chi connectivity index (χ2n) is 5.96. The number of hydrogen-bond donors (Lipinski definition) is 1. The van der Waals surface area contributed by atoms with E-state index in [0.29, 0.717) is 22.8 Å². The van der Waals surface area contributed by atoms with Gasteiger partial charge in [0.25, 0.3) is 0 Å². The first-order valence-electron chi connectivity index (χ1n) is 7.54. The Bertz CT molecular complexity index is 656. The molecule has 0 amide bonds. The summed E-state index contributed by atoms with van der Waals surface area (Å²) >= 11 is 6.10. The minimum absolute atomic E-state index is 0.0542. The maximum absolute atomic E-state index is 12.6. The molecule has 4 heteroatoms. The number of hydrogen-bond acceptors (Lipinski definition) is 3. The van der Waals surface area contributed by atoms with Crippen LogP contribution in [0, 0.1) is 0 Å². The molecular formula is C17H20ClNO2. The van der Waals surface area contributed by atoms with Crippen molar-refractivity contribution < 1.29 is 9.21 Å². The quantitative estimate of drug-likeness (QED) is 0.841. The van der Waals surface area contributed by atoms with Gasteiger partial charge in [0.05, 0.1) is 5.02 Å². The van der Waals surface area contributed by atoms with Crippen LogP contribution < -0.4 is 5.32 Å². The normalized spacial score (nSPS) is 18.0. The van der Waals surface area contributed by atoms with Crippen LogP contribution in [-0.2, 0) is 0 Å². The fraction of sp³-hybridized carbons (Fsp3) is 0.471. The average Bonchev–Trinajstić information content (AvgIpc) is 2.94. The predicted molar refractivity (Wildman–Crippen MR) is 85.0 cm³/mol. The van der Waals surface area contributed by atoms with Crippen LogP contribution in [0.4, 0.5) is 0 Å². The molecule has 0 spiro atoms. The first-order chi connectivity index (χ1) is 10.1. The van der Waals surface area contributed by atoms with Gasteiger partial charge < -0.3 is 9.73 Å². The molecule has 1 aromatic heterocycles. The van der Waals surface area contributed by atoms with Crippen molar-refractivity contribution in [2.45, 2.75) is 44.1 Å². The van der Waals surface area contributed by atoms with Crippen LogP contribution in [-0.4, -0.2) is 18.4 Å². The topological polar surface area (TPSA) is 42.2 Å². The summed E-state index contributed by atoms with van der Waals surface area (Å²) in [5.74, 6) is 0.469. The van der Waals surface area contributed by atoms with Gasteiger partial charge in [-0.3, -0.25) is 4.79 Å². The molecule has 0 radical (unpaired) electrons. The van der Waals surface area contributed by atoms with Gasteiger partial charge in [0.1, 0.15) is 0 Å². The molecule has 1 aromatic carbocycles. The molecule has 3 rings (SSSR count). The number of Topliss-reactive ketones (excluding diaryl/α,β-unsaturated/α-hetero) is 1. The summed E-state index contributed by atoms with van der Waals surface area (Å²) in [7, 11) is 1.95. The number of nitrogens with one attached hydrogen (secondary N) is 1. The Morgan fingerprint density at radius 3 is 2.76 bits per heavy atom. The van der Waals surface area contributed by atoms with Crippen LogP contribution in [0.25, 0.3) is 11.0 Å². The van der Waals surface area contributed by atoms with Crippen LogP contribution in [0.3, 0.4) is 0 Å². The summed E-state index contributed by atoms with van der Waals surface area (Å²) in [5.41, 5.74) is 0.530. The van der Waals surface area contributed by atoms with Crippen LogP contribution in [0.15, 0.2) is 28.7 Å². The molecule has 1 heterocycles. The molecule has 1 N–H and O–H groups in total. The van der Waals surface area contributed by atoms with Gasteiger partial charge in [-0.15, -0.1) is 0 Å². The van der Waals surface area contributed by atoms with Gasteiger partial charge in [-0.25, -0.2) is 0 Å². The maximum Gasteiger partial charge on any atom is 0.199 e. The fourth-order valence-corrected chi connectivity index (χ4v) is 3.52. The lowest BCUT2D eigenvalue weighted by Crippen LogP contribution is -2.46. The van der Waals surface area contributed by atoms with E-state index in [9.17, 15) is 4.79 Å². The van der Waals surface area contributed by atoms with E-state index in [-0.39, 0.29) is 11.3 Å². The largest absolute Gasteiger partial charge is 0.451 e. The van der Waals surface area contributed by atoms with Gasteiger partial charge in [0, 0.05) is 17.3 Å². The summed E-state index contributed by atoms with van der Waals surface area (Å²) in [6.45, 7) is 0. The molecule has 21 heavy (non-hydrogen) atoms. The first kappa shape index (κ1) is 14.6. The number of para-hydroxylation sites is 1. The second kappa shape index (κ2) is 5.82. The molecule has 1 fully saturated rings. The second-order valence-corrected chi connectivity index (χ2v) is 6.37. The molecule has 2 aromatic rings. The lowest BCUT2D eigenvalue weighted by molar-refractivity contribution is 0.0889. The van der Waals surface area contributed by atoms with E-state index in [0.717, 1.165) is 18.2 Å². The van der Waals surface area contributed by atoms with Gasteiger partial charge >= 0.3 is 0 Å². The number of carbonyl (C=O) groups excluding carboxylic acids is 1. The smallest absolute Gasteiger partial charge is 0.199 e. The molecule has 0 bridgehead atoms. The number of rotatable bonds is 4. The minimum atomic E-state index is -0.0713. The number of furan rings is 1. The summed E-state index contributed by atoms with van der Waals surface area (Å²) in [6.07, 6.45) is 6.21. The van der Waals surface area contributed by atoms with Crippen LogP contribution >= 0.6 is 11.6 Å². The van der Waals surface area contributed by atoms with Crippen molar-refractivity contribution in [1.82, 2.24) is 5.32 Å². The Morgan fingerprint density at radius 2 is 2.10 bits per heavy atom. The summed E-state index contributed by atoms with van der Waals surface area (Å²) < 4.78 is 5.68. The van der Waals surface area contributed by atoms with Crippen molar-refractivity contribution in [2.75, 3.05) is 7.05 Å². The zero-order valence-electron chi connectivity index (χ0n) is 12.2. The molecule has 112 valence electrons. The van der Waals surface area contributed by atoms with E-state index in [1.54, 1.807) is 12.1 Å². The van der Waals surface area contributed by atoms with Crippen molar-refractivity contribution in [3.05, 3.63) is 35.0 Å². The van der Waals surface area contributed by atoms with Gasteiger partial charge in [0.2, 0.25) is 0 Å². The lowest BCUT2D eigenvalue weighted by atomic mass is 9.78. The van der Waals surface area contributed by atoms with Crippen LogP contribution in [0.1, 0.15) is 49.1 Å². The Balaban J connectivity index is 1.84. The van der Waals surface area contributed by atoms with Crippen molar-refractivity contribution in [1.29, 1.82) is 0 Å². The SMILES string of the molecule is CNC1(CC(=O)c2cc3cccc(Cl)c3o2)CCCCC1. The van der Waals surface area contributed by atoms with Crippen molar-refractivity contribution >= 4 is 28.4 Å². The van der Waals surface area contributed by atoms with Gasteiger partial charge in [-0.1, -0.05) is 43.0 Å². The van der Waals surface area contributed by atoms with Gasteiger partial charge in [-0.2, -0.15) is 0 Å². The highest BCUT2D eigenvalue weighted by Gasteiger charge is 2.33. The maximum atomic E-state index is 12.6. The highest BCUT2D eigenvalue weighted by atomic mass is 35.5. The molecule has 0 aliphatic heterocycles. The molecule has 0 saturated heterocycles. The molecule has 1 aliphatic rings. The van der Waals surface area contributed by atoms with E-state index in [4.69, 9.17) is 16.0 Å². The summed E-state index contributed by atoms with van der Waals surface area (Å²) in [6, 6.07) is 7.36. The van der Waals surface area contributed by atoms with Crippen molar-refractivity contribution in [3.8, 4) is 0 Å². The summed E-state index contributed by atoms with van der Waals surface area (Å²) in [5, 5.41) is 4.81. The third-order valence-electron chi connectivity index (χ3n) is 4.61. The van der Waals surface area contributed by atoms with E-state index >= 15 is 0 Å². The number of ketones is 1. The van der Waals surface area contributed by atoms with E-state index in [2.05, 4.69) is 5.32 Å². The first-order valence-corrected chi connectivity index (χ1v) is 7.91. The molecule has 1 saturated carbocycles. The van der Waals surface area contributed by atoms with Gasteiger partial charge in [-0.05, 0) is 32.0 Å².